The van der Waals surface area contributed by atoms with Gasteiger partial charge in [0.1, 0.15) is 17.5 Å². The van der Waals surface area contributed by atoms with E-state index in [-0.39, 0.29) is 27.6 Å². The van der Waals surface area contributed by atoms with Crippen LogP contribution >= 0.6 is 23.2 Å². The van der Waals surface area contributed by atoms with Crippen LogP contribution in [0, 0.1) is 17.5 Å². The number of benzene rings is 2. The predicted molar refractivity (Wildman–Crippen MR) is 71.4 cm³/mol. The maximum atomic E-state index is 13.6. The topological polar surface area (TPSA) is 20.2 Å². The van der Waals surface area contributed by atoms with Gasteiger partial charge < -0.3 is 5.11 Å². The summed E-state index contributed by atoms with van der Waals surface area (Å²) in [4.78, 5) is 0. The van der Waals surface area contributed by atoms with E-state index < -0.39 is 23.6 Å². The average Bonchev–Trinajstić information content (AvgIpc) is 2.38. The zero-order chi connectivity index (χ0) is 14.9. The minimum atomic E-state index is -1.41. The van der Waals surface area contributed by atoms with E-state index in [1.165, 1.54) is 12.1 Å². The van der Waals surface area contributed by atoms with Gasteiger partial charge in [0, 0.05) is 17.0 Å². The van der Waals surface area contributed by atoms with Crippen molar-refractivity contribution in [3.8, 4) is 0 Å². The van der Waals surface area contributed by atoms with Crippen LogP contribution in [0.25, 0.3) is 0 Å². The van der Waals surface area contributed by atoms with Gasteiger partial charge in [-0.05, 0) is 35.9 Å². The van der Waals surface area contributed by atoms with Crippen LogP contribution in [-0.2, 0) is 6.42 Å². The van der Waals surface area contributed by atoms with Crippen molar-refractivity contribution in [2.75, 3.05) is 0 Å². The molecule has 1 nitrogen and oxygen atoms in total. The number of rotatable bonds is 3. The summed E-state index contributed by atoms with van der Waals surface area (Å²) in [5.74, 6) is -2.29. The maximum Gasteiger partial charge on any atom is 0.142 e. The molecule has 1 N–H and O–H groups in total. The van der Waals surface area contributed by atoms with Gasteiger partial charge in [0.2, 0.25) is 0 Å². The number of aliphatic hydroxyl groups is 1. The van der Waals surface area contributed by atoms with Crippen LogP contribution in [0.2, 0.25) is 10.0 Å². The normalized spacial score (nSPS) is 12.5. The lowest BCUT2D eigenvalue weighted by Gasteiger charge is -2.13. The largest absolute Gasteiger partial charge is 0.388 e. The molecule has 0 aliphatic rings. The summed E-state index contributed by atoms with van der Waals surface area (Å²) < 4.78 is 40.5. The zero-order valence-corrected chi connectivity index (χ0v) is 11.5. The van der Waals surface area contributed by atoms with Gasteiger partial charge in [-0.1, -0.05) is 23.2 Å². The third-order valence-electron chi connectivity index (χ3n) is 2.82. The molecule has 0 aliphatic heterocycles. The molecule has 0 radical (unpaired) electrons. The van der Waals surface area contributed by atoms with Gasteiger partial charge in [0.25, 0.3) is 0 Å². The Morgan fingerprint density at radius 3 is 2.35 bits per heavy atom. The Bertz CT molecular complexity index is 647. The van der Waals surface area contributed by atoms with Gasteiger partial charge in [-0.2, -0.15) is 0 Å². The van der Waals surface area contributed by atoms with Crippen molar-refractivity contribution in [1.29, 1.82) is 0 Å². The van der Waals surface area contributed by atoms with E-state index in [1.54, 1.807) is 0 Å². The van der Waals surface area contributed by atoms with Crippen LogP contribution < -0.4 is 0 Å². The van der Waals surface area contributed by atoms with E-state index in [1.807, 2.05) is 0 Å². The van der Waals surface area contributed by atoms with Crippen LogP contribution in [0.4, 0.5) is 13.2 Å². The molecule has 0 spiro atoms. The summed E-state index contributed by atoms with van der Waals surface area (Å²) in [6.07, 6.45) is -1.64. The summed E-state index contributed by atoms with van der Waals surface area (Å²) in [6.45, 7) is 0. The molecule has 2 aromatic carbocycles. The number of hydrogen-bond acceptors (Lipinski definition) is 1. The molecule has 0 saturated heterocycles. The SMILES string of the molecule is OC(Cc1cc(Cl)ccc1F)c1cc(F)c(Cl)cc1F. The molecule has 6 heteroatoms. The minimum Gasteiger partial charge on any atom is -0.388 e. The van der Waals surface area contributed by atoms with Crippen molar-refractivity contribution in [2.24, 2.45) is 0 Å². The van der Waals surface area contributed by atoms with Crippen molar-refractivity contribution >= 4 is 23.2 Å². The molecule has 0 saturated carbocycles. The molecule has 2 aromatic rings. The zero-order valence-electron chi connectivity index (χ0n) is 10.0. The van der Waals surface area contributed by atoms with Gasteiger partial charge in [-0.25, -0.2) is 13.2 Å². The molecule has 20 heavy (non-hydrogen) atoms. The molecular weight excluding hydrogens is 312 g/mol. The van der Waals surface area contributed by atoms with E-state index >= 15 is 0 Å². The Kier molecular flexibility index (Phi) is 4.58. The van der Waals surface area contributed by atoms with E-state index in [2.05, 4.69) is 0 Å². The molecular formula is C14H9Cl2F3O. The minimum absolute atomic E-state index is 0.111. The van der Waals surface area contributed by atoms with E-state index in [0.717, 1.165) is 18.2 Å². The molecule has 106 valence electrons. The predicted octanol–water partition coefficient (Wildman–Crippen LogP) is 4.69. The van der Waals surface area contributed by atoms with E-state index in [0.29, 0.717) is 0 Å². The monoisotopic (exact) mass is 320 g/mol. The first-order valence-electron chi connectivity index (χ1n) is 5.65. The number of aliphatic hydroxyl groups excluding tert-OH is 1. The van der Waals surface area contributed by atoms with Crippen molar-refractivity contribution < 1.29 is 18.3 Å². The van der Waals surface area contributed by atoms with Crippen LogP contribution in [0.3, 0.4) is 0 Å². The van der Waals surface area contributed by atoms with E-state index in [4.69, 9.17) is 23.2 Å². The summed E-state index contributed by atoms with van der Waals surface area (Å²) in [5, 5.41) is 9.83. The van der Waals surface area contributed by atoms with Gasteiger partial charge in [0.15, 0.2) is 0 Å². The second-order valence-electron chi connectivity index (χ2n) is 4.24. The fourth-order valence-corrected chi connectivity index (χ4v) is 2.16. The molecule has 0 fully saturated rings. The quantitative estimate of drug-likeness (QED) is 0.814. The summed E-state index contributed by atoms with van der Waals surface area (Å²) in [7, 11) is 0. The van der Waals surface area contributed by atoms with Gasteiger partial charge in [-0.3, -0.25) is 0 Å². The second kappa shape index (κ2) is 6.04. The van der Waals surface area contributed by atoms with Crippen molar-refractivity contribution in [2.45, 2.75) is 12.5 Å². The number of halogens is 5. The Morgan fingerprint density at radius 2 is 1.65 bits per heavy atom. The van der Waals surface area contributed by atoms with Gasteiger partial charge in [0.05, 0.1) is 11.1 Å². The van der Waals surface area contributed by atoms with Crippen LogP contribution in [0.1, 0.15) is 17.2 Å². The second-order valence-corrected chi connectivity index (χ2v) is 5.09. The summed E-state index contributed by atoms with van der Waals surface area (Å²) in [5.41, 5.74) is -0.175. The van der Waals surface area contributed by atoms with E-state index in [9.17, 15) is 18.3 Å². The first kappa shape index (κ1) is 15.2. The highest BCUT2D eigenvalue weighted by atomic mass is 35.5. The lowest BCUT2D eigenvalue weighted by Crippen LogP contribution is -2.06. The Hall–Kier alpha value is -1.23. The third kappa shape index (κ3) is 3.26. The Morgan fingerprint density at radius 1 is 0.950 bits per heavy atom. The Balaban J connectivity index is 2.30. The maximum absolute atomic E-state index is 13.6. The highest BCUT2D eigenvalue weighted by Crippen LogP contribution is 2.27. The molecule has 1 atom stereocenters. The molecule has 0 bridgehead atoms. The lowest BCUT2D eigenvalue weighted by atomic mass is 10.0. The third-order valence-corrected chi connectivity index (χ3v) is 3.34. The lowest BCUT2D eigenvalue weighted by molar-refractivity contribution is 0.172. The standard InChI is InChI=1S/C14H9Cl2F3O/c15-8-1-2-11(17)7(3-8)4-14(20)9-5-13(19)10(16)6-12(9)18/h1-3,5-6,14,20H,4H2. The molecule has 0 heterocycles. The smallest absolute Gasteiger partial charge is 0.142 e. The van der Waals surface area contributed by atoms with Crippen LogP contribution in [0.5, 0.6) is 0 Å². The fourth-order valence-electron chi connectivity index (χ4n) is 1.81. The molecule has 0 aromatic heterocycles. The van der Waals surface area contributed by atoms with Crippen molar-refractivity contribution in [1.82, 2.24) is 0 Å². The summed E-state index contributed by atoms with van der Waals surface area (Å²) >= 11 is 11.1. The highest BCUT2D eigenvalue weighted by Gasteiger charge is 2.18. The average molecular weight is 321 g/mol. The van der Waals surface area contributed by atoms with Crippen molar-refractivity contribution in [3.63, 3.8) is 0 Å². The first-order valence-corrected chi connectivity index (χ1v) is 6.40. The fraction of sp³-hybridized carbons (Fsp3) is 0.143. The summed E-state index contributed by atoms with van der Waals surface area (Å²) in [6, 6.07) is 5.39. The molecule has 2 rings (SSSR count). The molecule has 0 amide bonds. The van der Waals surface area contributed by atoms with Crippen LogP contribution in [-0.4, -0.2) is 5.11 Å². The van der Waals surface area contributed by atoms with Gasteiger partial charge >= 0.3 is 0 Å². The Labute approximate surface area is 123 Å². The number of hydrogen-bond donors (Lipinski definition) is 1. The molecule has 0 aliphatic carbocycles. The first-order chi connectivity index (χ1) is 9.38. The van der Waals surface area contributed by atoms with Crippen molar-refractivity contribution in [3.05, 3.63) is 69.0 Å². The molecule has 1 unspecified atom stereocenters. The highest BCUT2D eigenvalue weighted by molar-refractivity contribution is 6.31. The van der Waals surface area contributed by atoms with Gasteiger partial charge in [-0.15, -0.1) is 0 Å². The van der Waals surface area contributed by atoms with Crippen LogP contribution in [0.15, 0.2) is 30.3 Å².